The number of likely N-dealkylation sites (tertiary alicyclic amines) is 1. The summed E-state index contributed by atoms with van der Waals surface area (Å²) in [7, 11) is 0. The Morgan fingerprint density at radius 1 is 1.15 bits per heavy atom. The maximum atomic E-state index is 11.2. The van der Waals surface area contributed by atoms with E-state index in [9.17, 15) is 10.2 Å². The molecule has 0 aromatic carbocycles. The van der Waals surface area contributed by atoms with Gasteiger partial charge in [0.05, 0.1) is 11.8 Å². The van der Waals surface area contributed by atoms with E-state index in [0.717, 1.165) is 50.5 Å². The van der Waals surface area contributed by atoms with Crippen LogP contribution in [-0.4, -0.2) is 45.3 Å². The van der Waals surface area contributed by atoms with Crippen LogP contribution in [0.5, 0.6) is 5.75 Å². The molecule has 144 valence electrons. The Morgan fingerprint density at radius 2 is 1.85 bits per heavy atom. The van der Waals surface area contributed by atoms with Crippen LogP contribution in [0.25, 0.3) is 0 Å². The van der Waals surface area contributed by atoms with Gasteiger partial charge in [-0.25, -0.2) is 0 Å². The van der Waals surface area contributed by atoms with Crippen LogP contribution < -0.4 is 0 Å². The van der Waals surface area contributed by atoms with E-state index < -0.39 is 0 Å². The summed E-state index contributed by atoms with van der Waals surface area (Å²) in [5.74, 6) is 2.71. The fraction of sp³-hybridized carbons (Fsp3) is 0.773. The molecule has 3 fully saturated rings. The molecule has 2 N–H and O–H groups in total. The smallest absolute Gasteiger partial charge is 0.133 e. The molecule has 1 aromatic heterocycles. The van der Waals surface area contributed by atoms with Gasteiger partial charge in [0.25, 0.3) is 0 Å². The summed E-state index contributed by atoms with van der Waals surface area (Å²) in [6, 6.07) is 3.66. The van der Waals surface area contributed by atoms with Crippen LogP contribution in [0.15, 0.2) is 18.3 Å². The Hall–Kier alpha value is -1.13. The molecule has 1 aromatic rings. The Bertz CT molecular complexity index is 583. The van der Waals surface area contributed by atoms with Crippen LogP contribution in [-0.2, 0) is 0 Å². The number of aromatic nitrogens is 1. The van der Waals surface area contributed by atoms with Crippen molar-refractivity contribution in [2.24, 2.45) is 17.8 Å². The van der Waals surface area contributed by atoms with Crippen molar-refractivity contribution < 1.29 is 10.2 Å². The van der Waals surface area contributed by atoms with E-state index in [-0.39, 0.29) is 11.4 Å². The third-order valence-electron chi connectivity index (χ3n) is 7.14. The third kappa shape index (κ3) is 4.07. The Labute approximate surface area is 157 Å². The van der Waals surface area contributed by atoms with Crippen molar-refractivity contribution in [2.45, 2.75) is 69.8 Å². The maximum Gasteiger partial charge on any atom is 0.133 e. The number of rotatable bonds is 5. The van der Waals surface area contributed by atoms with Crippen LogP contribution in [0, 0.1) is 17.8 Å². The molecule has 0 spiro atoms. The monoisotopic (exact) mass is 358 g/mol. The Balaban J connectivity index is 1.28. The number of fused-ring (bicyclic) bond motifs is 1. The van der Waals surface area contributed by atoms with Crippen LogP contribution in [0.3, 0.4) is 0 Å². The van der Waals surface area contributed by atoms with Crippen molar-refractivity contribution in [1.82, 2.24) is 9.88 Å². The standard InChI is InChI=1S/C22H34N2O2/c1-16(21-8-7-20(25)12-23-21)13-24-14-18-10-22(26,11-19(18)15-24)9-17-5-3-2-4-6-17/h7-8,12,16-19,25-26H,2-6,9-11,13-15H2,1H3/t16?,18-,19+,22-. The zero-order valence-corrected chi connectivity index (χ0v) is 16.1. The quantitative estimate of drug-likeness (QED) is 0.837. The van der Waals surface area contributed by atoms with Gasteiger partial charge in [0.15, 0.2) is 0 Å². The van der Waals surface area contributed by atoms with Gasteiger partial charge in [0.2, 0.25) is 0 Å². The summed E-state index contributed by atoms with van der Waals surface area (Å²) in [4.78, 5) is 6.93. The minimum absolute atomic E-state index is 0.230. The lowest BCUT2D eigenvalue weighted by molar-refractivity contribution is 0.00592. The summed E-state index contributed by atoms with van der Waals surface area (Å²) in [6.45, 7) is 5.48. The number of hydrogen-bond donors (Lipinski definition) is 2. The second kappa shape index (κ2) is 7.47. The summed E-state index contributed by atoms with van der Waals surface area (Å²) in [5, 5.41) is 20.6. The number of pyridine rings is 1. The first-order chi connectivity index (χ1) is 12.5. The van der Waals surface area contributed by atoms with E-state index in [2.05, 4.69) is 16.8 Å². The molecular formula is C22H34N2O2. The predicted molar refractivity (Wildman–Crippen MR) is 103 cm³/mol. The van der Waals surface area contributed by atoms with Gasteiger partial charge in [-0.1, -0.05) is 39.0 Å². The number of hydrogen-bond acceptors (Lipinski definition) is 4. The molecule has 0 radical (unpaired) electrons. The molecule has 2 aliphatic carbocycles. The highest BCUT2D eigenvalue weighted by Gasteiger charge is 2.48. The molecule has 1 unspecified atom stereocenters. The average molecular weight is 359 g/mol. The molecule has 1 saturated heterocycles. The molecule has 1 aliphatic heterocycles. The molecule has 2 heterocycles. The minimum atomic E-state index is -0.381. The van der Waals surface area contributed by atoms with E-state index in [1.807, 2.05) is 6.07 Å². The number of aromatic hydroxyl groups is 1. The van der Waals surface area contributed by atoms with Crippen molar-refractivity contribution in [2.75, 3.05) is 19.6 Å². The van der Waals surface area contributed by atoms with Gasteiger partial charge in [-0.15, -0.1) is 0 Å². The van der Waals surface area contributed by atoms with E-state index in [0.29, 0.717) is 17.8 Å². The van der Waals surface area contributed by atoms with E-state index >= 15 is 0 Å². The van der Waals surface area contributed by atoms with Crippen molar-refractivity contribution in [3.63, 3.8) is 0 Å². The average Bonchev–Trinajstić information content (AvgIpc) is 3.10. The van der Waals surface area contributed by atoms with Crippen LogP contribution in [0.1, 0.15) is 69.9 Å². The normalized spacial score (nSPS) is 34.1. The highest BCUT2D eigenvalue weighted by molar-refractivity contribution is 5.20. The zero-order chi connectivity index (χ0) is 18.1. The molecule has 4 atom stereocenters. The second-order valence-electron chi connectivity index (χ2n) is 9.42. The highest BCUT2D eigenvalue weighted by atomic mass is 16.3. The zero-order valence-electron chi connectivity index (χ0n) is 16.1. The van der Waals surface area contributed by atoms with Crippen molar-refractivity contribution in [3.05, 3.63) is 24.0 Å². The van der Waals surface area contributed by atoms with Crippen molar-refractivity contribution >= 4 is 0 Å². The first kappa shape index (κ1) is 18.2. The molecule has 3 aliphatic rings. The van der Waals surface area contributed by atoms with Crippen LogP contribution in [0.2, 0.25) is 0 Å². The predicted octanol–water partition coefficient (Wildman–Crippen LogP) is 3.93. The summed E-state index contributed by atoms with van der Waals surface area (Å²) < 4.78 is 0. The lowest BCUT2D eigenvalue weighted by Crippen LogP contribution is -2.33. The van der Waals surface area contributed by atoms with Gasteiger partial charge in [-0.2, -0.15) is 0 Å². The highest BCUT2D eigenvalue weighted by Crippen LogP contribution is 2.48. The largest absolute Gasteiger partial charge is 0.506 e. The van der Waals surface area contributed by atoms with Crippen molar-refractivity contribution in [3.8, 4) is 5.75 Å². The number of aliphatic hydroxyl groups is 1. The molecule has 4 nitrogen and oxygen atoms in total. The molecule has 4 heteroatoms. The van der Waals surface area contributed by atoms with Gasteiger partial charge in [-0.3, -0.25) is 4.98 Å². The van der Waals surface area contributed by atoms with Crippen LogP contribution in [0.4, 0.5) is 0 Å². The van der Waals surface area contributed by atoms with E-state index in [1.54, 1.807) is 6.07 Å². The Morgan fingerprint density at radius 3 is 2.46 bits per heavy atom. The first-order valence-electron chi connectivity index (χ1n) is 10.6. The van der Waals surface area contributed by atoms with Gasteiger partial charge in [-0.05, 0) is 49.1 Å². The first-order valence-corrected chi connectivity index (χ1v) is 10.6. The van der Waals surface area contributed by atoms with Gasteiger partial charge < -0.3 is 15.1 Å². The Kier molecular flexibility index (Phi) is 5.24. The molecular weight excluding hydrogens is 324 g/mol. The SMILES string of the molecule is CC(CN1C[C@@H]2C[C@@](O)(CC3CCCCC3)C[C@@H]2C1)c1ccc(O)cn1. The van der Waals surface area contributed by atoms with E-state index in [1.165, 1.54) is 38.3 Å². The minimum Gasteiger partial charge on any atom is -0.506 e. The molecule has 0 amide bonds. The fourth-order valence-corrected chi connectivity index (χ4v) is 5.97. The summed E-state index contributed by atoms with van der Waals surface area (Å²) in [6.07, 6.45) is 11.4. The maximum absolute atomic E-state index is 11.2. The molecule has 2 saturated carbocycles. The van der Waals surface area contributed by atoms with Crippen molar-refractivity contribution in [1.29, 1.82) is 0 Å². The van der Waals surface area contributed by atoms with Gasteiger partial charge >= 0.3 is 0 Å². The molecule has 26 heavy (non-hydrogen) atoms. The van der Waals surface area contributed by atoms with Crippen LogP contribution >= 0.6 is 0 Å². The lowest BCUT2D eigenvalue weighted by atomic mass is 9.79. The van der Waals surface area contributed by atoms with Gasteiger partial charge in [0.1, 0.15) is 5.75 Å². The third-order valence-corrected chi connectivity index (χ3v) is 7.14. The second-order valence-corrected chi connectivity index (χ2v) is 9.42. The fourth-order valence-electron chi connectivity index (χ4n) is 5.97. The lowest BCUT2D eigenvalue weighted by Gasteiger charge is -2.32. The summed E-state index contributed by atoms with van der Waals surface area (Å²) in [5.41, 5.74) is 0.668. The number of nitrogens with zero attached hydrogens (tertiary/aromatic N) is 2. The topological polar surface area (TPSA) is 56.6 Å². The van der Waals surface area contributed by atoms with E-state index in [4.69, 9.17) is 0 Å². The summed E-state index contributed by atoms with van der Waals surface area (Å²) >= 11 is 0. The van der Waals surface area contributed by atoms with Gasteiger partial charge in [0, 0.05) is 31.2 Å². The molecule has 0 bridgehead atoms. The molecule has 4 rings (SSSR count).